The fourth-order valence-corrected chi connectivity index (χ4v) is 2.53. The molecule has 1 amide bonds. The average Bonchev–Trinajstić information content (AvgIpc) is 2.73. The summed E-state index contributed by atoms with van der Waals surface area (Å²) in [5, 5.41) is 0. The highest BCUT2D eigenvalue weighted by atomic mass is 16.3. The van der Waals surface area contributed by atoms with Crippen molar-refractivity contribution in [2.45, 2.75) is 26.3 Å². The van der Waals surface area contributed by atoms with Gasteiger partial charge in [-0.15, -0.1) is 0 Å². The zero-order valence-corrected chi connectivity index (χ0v) is 10.9. The van der Waals surface area contributed by atoms with Crippen LogP contribution in [-0.2, 0) is 13.0 Å². The number of nitrogens with zero attached hydrogens (tertiary/aromatic N) is 2. The molecule has 1 aliphatic rings. The van der Waals surface area contributed by atoms with Crippen molar-refractivity contribution in [3.63, 3.8) is 0 Å². The molecule has 2 heterocycles. The van der Waals surface area contributed by atoms with E-state index in [2.05, 4.69) is 23.2 Å². The van der Waals surface area contributed by atoms with Crippen LogP contribution in [0.3, 0.4) is 0 Å². The third-order valence-corrected chi connectivity index (χ3v) is 3.59. The van der Waals surface area contributed by atoms with Crippen molar-refractivity contribution >= 4 is 5.91 Å². The van der Waals surface area contributed by atoms with Gasteiger partial charge in [0.05, 0.1) is 0 Å². The van der Waals surface area contributed by atoms with Gasteiger partial charge in [0.2, 0.25) is 0 Å². The van der Waals surface area contributed by atoms with Gasteiger partial charge in [0.15, 0.2) is 12.1 Å². The van der Waals surface area contributed by atoms with E-state index in [0.717, 1.165) is 19.4 Å². The van der Waals surface area contributed by atoms with Crippen LogP contribution in [0, 0.1) is 6.92 Å². The van der Waals surface area contributed by atoms with E-state index in [-0.39, 0.29) is 5.91 Å². The van der Waals surface area contributed by atoms with E-state index in [4.69, 9.17) is 4.42 Å². The summed E-state index contributed by atoms with van der Waals surface area (Å²) in [4.78, 5) is 18.3. The third kappa shape index (κ3) is 2.26. The topological polar surface area (TPSA) is 46.3 Å². The lowest BCUT2D eigenvalue weighted by Gasteiger charge is -2.19. The number of amides is 1. The normalized spacial score (nSPS) is 14.9. The molecule has 0 bridgehead atoms. The van der Waals surface area contributed by atoms with E-state index in [1.165, 1.54) is 17.5 Å². The minimum Gasteiger partial charge on any atom is -0.448 e. The molecular formula is C15H16N2O2. The highest BCUT2D eigenvalue weighted by Gasteiger charge is 2.23. The van der Waals surface area contributed by atoms with Crippen LogP contribution in [0.4, 0.5) is 0 Å². The van der Waals surface area contributed by atoms with Gasteiger partial charge in [0.25, 0.3) is 5.91 Å². The summed E-state index contributed by atoms with van der Waals surface area (Å²) in [5.41, 5.74) is 3.00. The molecular weight excluding hydrogens is 240 g/mol. The number of aromatic nitrogens is 1. The standard InChI is InChI=1S/C15H16N2O2/c1-11-14(16-10-19-11)15(18)17-8-4-7-12-5-2-3-6-13(12)9-17/h2-3,5-6,10H,4,7-9H2,1H3. The number of benzene rings is 1. The number of rotatable bonds is 1. The number of carbonyl (C=O) groups excluding carboxylic acids is 1. The molecule has 0 spiro atoms. The Morgan fingerprint density at radius 1 is 1.32 bits per heavy atom. The number of aryl methyl sites for hydroxylation is 2. The second-order valence-corrected chi connectivity index (χ2v) is 4.86. The molecule has 0 aliphatic carbocycles. The highest BCUT2D eigenvalue weighted by molar-refractivity contribution is 5.93. The summed E-state index contributed by atoms with van der Waals surface area (Å²) >= 11 is 0. The van der Waals surface area contributed by atoms with Crippen LogP contribution < -0.4 is 0 Å². The zero-order valence-electron chi connectivity index (χ0n) is 10.9. The van der Waals surface area contributed by atoms with E-state index in [1.54, 1.807) is 6.92 Å². The predicted octanol–water partition coefficient (Wildman–Crippen LogP) is 2.57. The summed E-state index contributed by atoms with van der Waals surface area (Å²) < 4.78 is 5.12. The Hall–Kier alpha value is -2.10. The van der Waals surface area contributed by atoms with Gasteiger partial charge in [-0.25, -0.2) is 4.98 Å². The van der Waals surface area contributed by atoms with Gasteiger partial charge >= 0.3 is 0 Å². The Labute approximate surface area is 112 Å². The molecule has 0 radical (unpaired) electrons. The van der Waals surface area contributed by atoms with Crippen LogP contribution in [0.25, 0.3) is 0 Å². The van der Waals surface area contributed by atoms with E-state index < -0.39 is 0 Å². The molecule has 0 fully saturated rings. The van der Waals surface area contributed by atoms with Gasteiger partial charge < -0.3 is 9.32 Å². The predicted molar refractivity (Wildman–Crippen MR) is 70.7 cm³/mol. The van der Waals surface area contributed by atoms with Crippen LogP contribution in [0.5, 0.6) is 0 Å². The smallest absolute Gasteiger partial charge is 0.276 e. The van der Waals surface area contributed by atoms with Crippen LogP contribution in [0.15, 0.2) is 35.1 Å². The first kappa shape index (κ1) is 12.0. The first-order valence-electron chi connectivity index (χ1n) is 6.52. The van der Waals surface area contributed by atoms with Crippen LogP contribution in [0.1, 0.15) is 33.8 Å². The molecule has 0 saturated carbocycles. The molecule has 3 rings (SSSR count). The van der Waals surface area contributed by atoms with Gasteiger partial charge in [-0.1, -0.05) is 24.3 Å². The second-order valence-electron chi connectivity index (χ2n) is 4.86. The number of fused-ring (bicyclic) bond motifs is 1. The first-order chi connectivity index (χ1) is 9.25. The van der Waals surface area contributed by atoms with Gasteiger partial charge in [0, 0.05) is 13.1 Å². The summed E-state index contributed by atoms with van der Waals surface area (Å²) in [6.45, 7) is 3.19. The van der Waals surface area contributed by atoms with Crippen molar-refractivity contribution in [3.8, 4) is 0 Å². The maximum atomic E-state index is 12.4. The Morgan fingerprint density at radius 2 is 2.11 bits per heavy atom. The largest absolute Gasteiger partial charge is 0.448 e. The summed E-state index contributed by atoms with van der Waals surface area (Å²) in [5.74, 6) is 0.547. The molecule has 1 aromatic carbocycles. The van der Waals surface area contributed by atoms with Crippen molar-refractivity contribution in [3.05, 3.63) is 53.2 Å². The van der Waals surface area contributed by atoms with Crippen molar-refractivity contribution in [2.75, 3.05) is 6.54 Å². The molecule has 4 nitrogen and oxygen atoms in total. The molecule has 4 heteroatoms. The molecule has 0 saturated heterocycles. The Bertz CT molecular complexity index is 604. The molecule has 19 heavy (non-hydrogen) atoms. The van der Waals surface area contributed by atoms with E-state index in [1.807, 2.05) is 11.0 Å². The van der Waals surface area contributed by atoms with Gasteiger partial charge in [-0.2, -0.15) is 0 Å². The molecule has 98 valence electrons. The molecule has 0 unspecified atom stereocenters. The van der Waals surface area contributed by atoms with E-state index >= 15 is 0 Å². The average molecular weight is 256 g/mol. The van der Waals surface area contributed by atoms with Crippen LogP contribution in [0.2, 0.25) is 0 Å². The monoisotopic (exact) mass is 256 g/mol. The second kappa shape index (κ2) is 4.88. The first-order valence-corrected chi connectivity index (χ1v) is 6.52. The maximum absolute atomic E-state index is 12.4. The molecule has 0 atom stereocenters. The van der Waals surface area contributed by atoms with Crippen molar-refractivity contribution in [1.29, 1.82) is 0 Å². The van der Waals surface area contributed by atoms with Gasteiger partial charge in [-0.3, -0.25) is 4.79 Å². The summed E-state index contributed by atoms with van der Waals surface area (Å²) in [6.07, 6.45) is 3.34. The molecule has 0 N–H and O–H groups in total. The lowest BCUT2D eigenvalue weighted by Crippen LogP contribution is -2.31. The van der Waals surface area contributed by atoms with Crippen molar-refractivity contribution in [2.24, 2.45) is 0 Å². The summed E-state index contributed by atoms with van der Waals surface area (Å²) in [6, 6.07) is 8.31. The lowest BCUT2D eigenvalue weighted by molar-refractivity contribution is 0.0739. The van der Waals surface area contributed by atoms with Crippen LogP contribution >= 0.6 is 0 Å². The fourth-order valence-electron chi connectivity index (χ4n) is 2.53. The van der Waals surface area contributed by atoms with Gasteiger partial charge in [0.1, 0.15) is 5.76 Å². The SMILES string of the molecule is Cc1ocnc1C(=O)N1CCCc2ccccc2C1. The zero-order chi connectivity index (χ0) is 13.2. The number of hydrogen-bond acceptors (Lipinski definition) is 3. The molecule has 1 aromatic heterocycles. The molecule has 1 aliphatic heterocycles. The number of carbonyl (C=O) groups is 1. The highest BCUT2D eigenvalue weighted by Crippen LogP contribution is 2.20. The fraction of sp³-hybridized carbons (Fsp3) is 0.333. The number of oxazole rings is 1. The van der Waals surface area contributed by atoms with Crippen molar-refractivity contribution < 1.29 is 9.21 Å². The Morgan fingerprint density at radius 3 is 2.84 bits per heavy atom. The van der Waals surface area contributed by atoms with Crippen molar-refractivity contribution in [1.82, 2.24) is 9.88 Å². The maximum Gasteiger partial charge on any atom is 0.276 e. The van der Waals surface area contributed by atoms with Gasteiger partial charge in [-0.05, 0) is 30.9 Å². The Balaban J connectivity index is 1.87. The summed E-state index contributed by atoms with van der Waals surface area (Å²) in [7, 11) is 0. The van der Waals surface area contributed by atoms with Crippen LogP contribution in [-0.4, -0.2) is 22.3 Å². The third-order valence-electron chi connectivity index (χ3n) is 3.59. The minimum absolute atomic E-state index is 0.0389. The quantitative estimate of drug-likeness (QED) is 0.787. The minimum atomic E-state index is -0.0389. The number of hydrogen-bond donors (Lipinski definition) is 0. The van der Waals surface area contributed by atoms with E-state index in [9.17, 15) is 4.79 Å². The lowest BCUT2D eigenvalue weighted by atomic mass is 10.0. The molecule has 2 aromatic rings. The Kier molecular flexibility index (Phi) is 3.07. The van der Waals surface area contributed by atoms with E-state index in [0.29, 0.717) is 18.0 Å².